The largest absolute Gasteiger partial charge is 0.357 e. The maximum atomic E-state index is 12.5. The Balaban J connectivity index is 0.00000338. The highest BCUT2D eigenvalue weighted by Gasteiger charge is 2.27. The van der Waals surface area contributed by atoms with Crippen molar-refractivity contribution < 1.29 is 13.2 Å². The minimum atomic E-state index is -3.23. The van der Waals surface area contributed by atoms with Crippen LogP contribution in [0.4, 0.5) is 5.69 Å². The van der Waals surface area contributed by atoms with Crippen LogP contribution < -0.4 is 14.9 Å². The molecule has 10 nitrogen and oxygen atoms in total. The van der Waals surface area contributed by atoms with Gasteiger partial charge in [0.25, 0.3) is 0 Å². The summed E-state index contributed by atoms with van der Waals surface area (Å²) in [6.45, 7) is 4.50. The van der Waals surface area contributed by atoms with Gasteiger partial charge in [-0.2, -0.15) is 5.10 Å². The molecule has 148 valence electrons. The number of piperazine rings is 1. The summed E-state index contributed by atoms with van der Waals surface area (Å²) in [5, 5.41) is 7.24. The summed E-state index contributed by atoms with van der Waals surface area (Å²) in [5.41, 5.74) is 0.784. The van der Waals surface area contributed by atoms with Crippen LogP contribution in [0.15, 0.2) is 17.4 Å². The predicted molar refractivity (Wildman–Crippen MR) is 111 cm³/mol. The minimum Gasteiger partial charge on any atom is -0.357 e. The number of anilines is 1. The van der Waals surface area contributed by atoms with E-state index in [1.54, 1.807) is 15.8 Å². The Morgan fingerprint density at radius 1 is 1.38 bits per heavy atom. The molecule has 2 heterocycles. The first-order chi connectivity index (χ1) is 11.8. The first kappa shape index (κ1) is 22.6. The molecule has 0 aromatic carbocycles. The van der Waals surface area contributed by atoms with Gasteiger partial charge in [-0.05, 0) is 6.92 Å². The lowest BCUT2D eigenvalue weighted by molar-refractivity contribution is -0.120. The van der Waals surface area contributed by atoms with Gasteiger partial charge in [0.1, 0.15) is 6.54 Å². The molecule has 0 aliphatic carbocycles. The first-order valence-electron chi connectivity index (χ1n) is 8.07. The van der Waals surface area contributed by atoms with Crippen LogP contribution in [0, 0.1) is 0 Å². The molecule has 0 bridgehead atoms. The standard InChI is InChI=1S/C14H25N7O3S.HI/c1-4-15-14(16-5-6-18-25(3,23)24)20-7-8-21(13(22)11-20)12-9-17-19(2)10-12;/h9-10,18H,4-8,11H2,1-3H3,(H,15,16);1H. The lowest BCUT2D eigenvalue weighted by atomic mass is 10.3. The van der Waals surface area contributed by atoms with Crippen molar-refractivity contribution in [1.29, 1.82) is 0 Å². The van der Waals surface area contributed by atoms with Crippen LogP contribution in [0.5, 0.6) is 0 Å². The minimum absolute atomic E-state index is 0. The Morgan fingerprint density at radius 2 is 2.12 bits per heavy atom. The van der Waals surface area contributed by atoms with Crippen LogP contribution in [0.2, 0.25) is 0 Å². The molecule has 0 unspecified atom stereocenters. The van der Waals surface area contributed by atoms with E-state index in [0.717, 1.165) is 11.9 Å². The van der Waals surface area contributed by atoms with Crippen molar-refractivity contribution in [2.45, 2.75) is 6.92 Å². The lowest BCUT2D eigenvalue weighted by Gasteiger charge is -2.35. The fraction of sp³-hybridized carbons (Fsp3) is 0.643. The molecular formula is C14H26IN7O3S. The Hall–Kier alpha value is -1.41. The van der Waals surface area contributed by atoms with Crippen LogP contribution in [0.3, 0.4) is 0 Å². The zero-order chi connectivity index (χ0) is 18.4. The van der Waals surface area contributed by atoms with Crippen molar-refractivity contribution in [3.8, 4) is 0 Å². The van der Waals surface area contributed by atoms with Gasteiger partial charge < -0.3 is 15.1 Å². The molecule has 1 saturated heterocycles. The molecule has 2 N–H and O–H groups in total. The van der Waals surface area contributed by atoms with E-state index in [1.165, 1.54) is 0 Å². The number of hydrogen-bond donors (Lipinski definition) is 2. The smallest absolute Gasteiger partial charge is 0.246 e. The number of carbonyl (C=O) groups is 1. The number of amides is 1. The van der Waals surface area contributed by atoms with E-state index in [2.05, 4.69) is 20.1 Å². The second-order valence-corrected chi connectivity index (χ2v) is 7.57. The van der Waals surface area contributed by atoms with Gasteiger partial charge in [-0.15, -0.1) is 24.0 Å². The summed E-state index contributed by atoms with van der Waals surface area (Å²) < 4.78 is 26.2. The molecule has 0 saturated carbocycles. The van der Waals surface area contributed by atoms with E-state index < -0.39 is 10.0 Å². The third kappa shape index (κ3) is 6.72. The molecule has 1 aliphatic rings. The second kappa shape index (κ2) is 10.1. The van der Waals surface area contributed by atoms with Gasteiger partial charge in [0.05, 0.1) is 24.7 Å². The molecule has 0 radical (unpaired) electrons. The van der Waals surface area contributed by atoms with Crippen LogP contribution in [-0.2, 0) is 21.9 Å². The van der Waals surface area contributed by atoms with Crippen molar-refractivity contribution in [2.75, 3.05) is 50.4 Å². The number of sulfonamides is 1. The predicted octanol–water partition coefficient (Wildman–Crippen LogP) is -0.799. The van der Waals surface area contributed by atoms with Gasteiger partial charge >= 0.3 is 0 Å². The first-order valence-corrected chi connectivity index (χ1v) is 9.96. The number of halogens is 1. The van der Waals surface area contributed by atoms with E-state index >= 15 is 0 Å². The second-order valence-electron chi connectivity index (χ2n) is 5.74. The van der Waals surface area contributed by atoms with Crippen molar-refractivity contribution >= 4 is 51.6 Å². The highest BCUT2D eigenvalue weighted by molar-refractivity contribution is 14.0. The van der Waals surface area contributed by atoms with Crippen LogP contribution in [0.25, 0.3) is 0 Å². The maximum absolute atomic E-state index is 12.5. The molecule has 1 aromatic heterocycles. The number of nitrogens with one attached hydrogen (secondary N) is 2. The number of carbonyl (C=O) groups excluding carboxylic acids is 1. The zero-order valence-corrected chi connectivity index (χ0v) is 18.3. The summed E-state index contributed by atoms with van der Waals surface area (Å²) in [6, 6.07) is 0. The number of guanidine groups is 1. The van der Waals surface area contributed by atoms with Crippen LogP contribution in [-0.4, -0.2) is 80.5 Å². The number of nitrogens with zero attached hydrogens (tertiary/aromatic N) is 5. The topological polar surface area (TPSA) is 112 Å². The maximum Gasteiger partial charge on any atom is 0.246 e. The van der Waals surface area contributed by atoms with Gasteiger partial charge in [0.2, 0.25) is 15.9 Å². The van der Waals surface area contributed by atoms with E-state index in [-0.39, 0.29) is 43.0 Å². The molecular weight excluding hydrogens is 473 g/mol. The van der Waals surface area contributed by atoms with E-state index in [0.29, 0.717) is 32.1 Å². The molecule has 12 heteroatoms. The van der Waals surface area contributed by atoms with Gasteiger partial charge in [-0.25, -0.2) is 13.1 Å². The monoisotopic (exact) mass is 499 g/mol. The fourth-order valence-electron chi connectivity index (χ4n) is 2.49. The third-order valence-electron chi connectivity index (χ3n) is 3.60. The van der Waals surface area contributed by atoms with Gasteiger partial charge in [-0.3, -0.25) is 14.5 Å². The molecule has 26 heavy (non-hydrogen) atoms. The van der Waals surface area contributed by atoms with Crippen molar-refractivity contribution in [1.82, 2.24) is 24.7 Å². The molecule has 2 rings (SSSR count). The number of rotatable bonds is 6. The Labute approximate surface area is 171 Å². The molecule has 1 fully saturated rings. The summed E-state index contributed by atoms with van der Waals surface area (Å²) in [4.78, 5) is 20.4. The highest BCUT2D eigenvalue weighted by atomic mass is 127. The summed E-state index contributed by atoms with van der Waals surface area (Å²) in [6.07, 6.45) is 4.59. The number of hydrogen-bond acceptors (Lipinski definition) is 5. The van der Waals surface area contributed by atoms with Crippen LogP contribution >= 0.6 is 24.0 Å². The third-order valence-corrected chi connectivity index (χ3v) is 4.32. The Morgan fingerprint density at radius 3 is 2.65 bits per heavy atom. The van der Waals surface area contributed by atoms with Crippen LogP contribution in [0.1, 0.15) is 6.92 Å². The molecule has 1 aliphatic heterocycles. The van der Waals surface area contributed by atoms with Crippen molar-refractivity contribution in [3.63, 3.8) is 0 Å². The summed E-state index contributed by atoms with van der Waals surface area (Å²) >= 11 is 0. The lowest BCUT2D eigenvalue weighted by Crippen LogP contribution is -2.55. The van der Waals surface area contributed by atoms with Gasteiger partial charge in [0.15, 0.2) is 5.96 Å². The summed E-state index contributed by atoms with van der Waals surface area (Å²) in [7, 11) is -1.42. The average Bonchev–Trinajstić information content (AvgIpc) is 2.95. The Kier molecular flexibility index (Phi) is 8.76. The number of aromatic nitrogens is 2. The van der Waals surface area contributed by atoms with E-state index in [4.69, 9.17) is 0 Å². The van der Waals surface area contributed by atoms with Crippen molar-refractivity contribution in [3.05, 3.63) is 12.4 Å². The molecule has 0 atom stereocenters. The van der Waals surface area contributed by atoms with Gasteiger partial charge in [0, 0.05) is 39.4 Å². The van der Waals surface area contributed by atoms with Crippen molar-refractivity contribution in [2.24, 2.45) is 12.0 Å². The molecule has 1 aromatic rings. The zero-order valence-electron chi connectivity index (χ0n) is 15.2. The van der Waals surface area contributed by atoms with Gasteiger partial charge in [-0.1, -0.05) is 0 Å². The molecule has 0 spiro atoms. The number of aliphatic imine (C=N–C) groups is 1. The normalized spacial score (nSPS) is 15.8. The average molecular weight is 499 g/mol. The Bertz CT molecular complexity index is 735. The summed E-state index contributed by atoms with van der Waals surface area (Å²) in [5.74, 6) is 0.580. The van der Waals surface area contributed by atoms with E-state index in [1.807, 2.05) is 25.1 Å². The SMILES string of the molecule is CCNC(=NCCNS(C)(=O)=O)N1CCN(c2cnn(C)c2)C(=O)C1.I. The van der Waals surface area contributed by atoms with E-state index in [9.17, 15) is 13.2 Å². The fourth-order valence-corrected chi connectivity index (χ4v) is 2.96. The molecule has 1 amide bonds. The number of aryl methyl sites for hydroxylation is 1. The highest BCUT2D eigenvalue weighted by Crippen LogP contribution is 2.15. The quantitative estimate of drug-likeness (QED) is 0.230.